The van der Waals surface area contributed by atoms with Gasteiger partial charge in [0, 0.05) is 0 Å². The first-order valence-corrected chi connectivity index (χ1v) is 4.87. The molecular weight excluding hydrogens is 216 g/mol. The SMILES string of the molecule is C=CC(CC)(OC(=O)O)C(CC)OC(=O)O. The summed E-state index contributed by atoms with van der Waals surface area (Å²) in [6.07, 6.45) is -2.06. The predicted octanol–water partition coefficient (Wildman–Crippen LogP) is 2.49. The number of hydrogen-bond acceptors (Lipinski definition) is 4. The van der Waals surface area contributed by atoms with Gasteiger partial charge in [-0.2, -0.15) is 0 Å². The van der Waals surface area contributed by atoms with Gasteiger partial charge in [-0.1, -0.05) is 20.4 Å². The van der Waals surface area contributed by atoms with Crippen LogP contribution < -0.4 is 0 Å². The quantitative estimate of drug-likeness (QED) is 0.539. The molecule has 92 valence electrons. The molecule has 0 fully saturated rings. The van der Waals surface area contributed by atoms with Gasteiger partial charge in [0.1, 0.15) is 6.10 Å². The van der Waals surface area contributed by atoms with Gasteiger partial charge in [0.25, 0.3) is 0 Å². The molecule has 0 saturated heterocycles. The molecule has 0 aromatic heterocycles. The Bertz CT molecular complexity index is 274. The molecule has 6 nitrogen and oxygen atoms in total. The van der Waals surface area contributed by atoms with E-state index in [9.17, 15) is 9.59 Å². The highest BCUT2D eigenvalue weighted by molar-refractivity contribution is 5.59. The monoisotopic (exact) mass is 232 g/mol. The fourth-order valence-electron chi connectivity index (χ4n) is 1.50. The summed E-state index contributed by atoms with van der Waals surface area (Å²) in [5, 5.41) is 17.2. The maximum atomic E-state index is 10.6. The molecule has 0 aromatic rings. The van der Waals surface area contributed by atoms with Crippen molar-refractivity contribution in [2.75, 3.05) is 0 Å². The molecule has 0 heterocycles. The molecule has 2 N–H and O–H groups in total. The zero-order chi connectivity index (χ0) is 12.8. The van der Waals surface area contributed by atoms with E-state index >= 15 is 0 Å². The molecule has 2 unspecified atom stereocenters. The Kier molecular flexibility index (Phi) is 5.35. The van der Waals surface area contributed by atoms with Gasteiger partial charge in [-0.15, -0.1) is 0 Å². The first kappa shape index (κ1) is 14.3. The molecule has 0 aliphatic rings. The number of carbonyl (C=O) groups is 2. The van der Waals surface area contributed by atoms with Crippen molar-refractivity contribution in [1.29, 1.82) is 0 Å². The minimum atomic E-state index is -1.49. The van der Waals surface area contributed by atoms with Crippen molar-refractivity contribution in [3.05, 3.63) is 12.7 Å². The van der Waals surface area contributed by atoms with Gasteiger partial charge in [-0.05, 0) is 18.9 Å². The molecule has 16 heavy (non-hydrogen) atoms. The fourth-order valence-corrected chi connectivity index (χ4v) is 1.50. The van der Waals surface area contributed by atoms with Crippen LogP contribution in [0.5, 0.6) is 0 Å². The predicted molar refractivity (Wildman–Crippen MR) is 55.5 cm³/mol. The van der Waals surface area contributed by atoms with Crippen molar-refractivity contribution in [2.45, 2.75) is 38.4 Å². The van der Waals surface area contributed by atoms with Crippen LogP contribution in [0.4, 0.5) is 9.59 Å². The highest BCUT2D eigenvalue weighted by Gasteiger charge is 2.40. The average molecular weight is 232 g/mol. The van der Waals surface area contributed by atoms with Crippen LogP contribution in [0, 0.1) is 0 Å². The zero-order valence-electron chi connectivity index (χ0n) is 9.30. The van der Waals surface area contributed by atoms with E-state index in [1.54, 1.807) is 13.8 Å². The van der Waals surface area contributed by atoms with E-state index in [4.69, 9.17) is 14.9 Å². The normalized spacial score (nSPS) is 15.6. The van der Waals surface area contributed by atoms with Gasteiger partial charge in [0.15, 0.2) is 5.60 Å². The van der Waals surface area contributed by atoms with Gasteiger partial charge in [-0.25, -0.2) is 9.59 Å². The second-order valence-corrected chi connectivity index (χ2v) is 3.16. The zero-order valence-corrected chi connectivity index (χ0v) is 9.30. The Morgan fingerprint density at radius 2 is 1.94 bits per heavy atom. The Hall–Kier alpha value is -1.72. The van der Waals surface area contributed by atoms with Crippen LogP contribution in [-0.4, -0.2) is 34.2 Å². The first-order valence-electron chi connectivity index (χ1n) is 4.87. The Balaban J connectivity index is 5.02. The van der Waals surface area contributed by atoms with Crippen LogP contribution in [0.15, 0.2) is 12.7 Å². The average Bonchev–Trinajstić information content (AvgIpc) is 2.22. The van der Waals surface area contributed by atoms with Crippen LogP contribution in [0.25, 0.3) is 0 Å². The number of carboxylic acid groups (broad SMARTS) is 2. The molecule has 0 aromatic carbocycles. The molecule has 6 heteroatoms. The number of ether oxygens (including phenoxy) is 2. The summed E-state index contributed by atoms with van der Waals surface area (Å²) in [4.78, 5) is 21.0. The summed E-state index contributed by atoms with van der Waals surface area (Å²) in [7, 11) is 0. The number of hydrogen-bond donors (Lipinski definition) is 2. The van der Waals surface area contributed by atoms with E-state index < -0.39 is 24.0 Å². The van der Waals surface area contributed by atoms with Crippen molar-refractivity contribution < 1.29 is 29.3 Å². The Morgan fingerprint density at radius 1 is 1.38 bits per heavy atom. The van der Waals surface area contributed by atoms with Gasteiger partial charge >= 0.3 is 12.3 Å². The Morgan fingerprint density at radius 3 is 2.19 bits per heavy atom. The third-order valence-corrected chi connectivity index (χ3v) is 2.33. The molecule has 0 radical (unpaired) electrons. The van der Waals surface area contributed by atoms with Gasteiger partial charge in [0.2, 0.25) is 0 Å². The maximum absolute atomic E-state index is 10.6. The molecule has 0 rings (SSSR count). The summed E-state index contributed by atoms with van der Waals surface area (Å²) in [5.74, 6) is 0. The standard InChI is InChI=1S/C10H16O6/c1-4-7(15-8(11)12)10(5-2,6-3)16-9(13)14/h5,7H,2,4,6H2,1,3H3,(H,11,12)(H,13,14). The van der Waals surface area contributed by atoms with E-state index in [-0.39, 0.29) is 6.42 Å². The topological polar surface area (TPSA) is 93.1 Å². The second kappa shape index (κ2) is 5.99. The van der Waals surface area contributed by atoms with Gasteiger partial charge in [0.05, 0.1) is 0 Å². The maximum Gasteiger partial charge on any atom is 0.506 e. The van der Waals surface area contributed by atoms with Crippen molar-refractivity contribution in [3.8, 4) is 0 Å². The highest BCUT2D eigenvalue weighted by atomic mass is 16.7. The molecule has 0 aliphatic carbocycles. The lowest BCUT2D eigenvalue weighted by Gasteiger charge is -2.34. The van der Waals surface area contributed by atoms with E-state index in [1.807, 2.05) is 0 Å². The van der Waals surface area contributed by atoms with E-state index in [0.717, 1.165) is 0 Å². The van der Waals surface area contributed by atoms with Crippen LogP contribution in [0.2, 0.25) is 0 Å². The van der Waals surface area contributed by atoms with Gasteiger partial charge < -0.3 is 19.7 Å². The summed E-state index contributed by atoms with van der Waals surface area (Å²) >= 11 is 0. The molecule has 0 bridgehead atoms. The molecule has 0 aliphatic heterocycles. The summed E-state index contributed by atoms with van der Waals surface area (Å²) in [5.41, 5.74) is -1.33. The minimum Gasteiger partial charge on any atom is -0.450 e. The summed E-state index contributed by atoms with van der Waals surface area (Å²) in [6.45, 7) is 6.81. The van der Waals surface area contributed by atoms with Crippen LogP contribution >= 0.6 is 0 Å². The lowest BCUT2D eigenvalue weighted by molar-refractivity contribution is -0.0837. The second-order valence-electron chi connectivity index (χ2n) is 3.16. The molecular formula is C10H16O6. The lowest BCUT2D eigenvalue weighted by Crippen LogP contribution is -2.46. The molecule has 0 saturated carbocycles. The van der Waals surface area contributed by atoms with Crippen LogP contribution in [0.1, 0.15) is 26.7 Å². The van der Waals surface area contributed by atoms with E-state index in [0.29, 0.717) is 6.42 Å². The summed E-state index contributed by atoms with van der Waals surface area (Å²) < 4.78 is 9.31. The smallest absolute Gasteiger partial charge is 0.450 e. The largest absolute Gasteiger partial charge is 0.506 e. The minimum absolute atomic E-state index is 0.245. The molecule has 0 amide bonds. The van der Waals surface area contributed by atoms with Crippen LogP contribution in [-0.2, 0) is 9.47 Å². The fraction of sp³-hybridized carbons (Fsp3) is 0.600. The summed E-state index contributed by atoms with van der Waals surface area (Å²) in [6, 6.07) is 0. The first-order chi connectivity index (χ1) is 7.41. The number of rotatable bonds is 6. The van der Waals surface area contributed by atoms with Gasteiger partial charge in [-0.3, -0.25) is 0 Å². The van der Waals surface area contributed by atoms with E-state index in [2.05, 4.69) is 11.3 Å². The Labute approximate surface area is 93.5 Å². The van der Waals surface area contributed by atoms with Crippen molar-refractivity contribution in [2.24, 2.45) is 0 Å². The molecule has 0 spiro atoms. The third kappa shape index (κ3) is 3.45. The lowest BCUT2D eigenvalue weighted by atomic mass is 9.91. The molecule has 2 atom stereocenters. The van der Waals surface area contributed by atoms with Crippen molar-refractivity contribution in [1.82, 2.24) is 0 Å². The van der Waals surface area contributed by atoms with Crippen molar-refractivity contribution >= 4 is 12.3 Å². The third-order valence-electron chi connectivity index (χ3n) is 2.33. The van der Waals surface area contributed by atoms with E-state index in [1.165, 1.54) is 6.08 Å². The van der Waals surface area contributed by atoms with Crippen LogP contribution in [0.3, 0.4) is 0 Å². The van der Waals surface area contributed by atoms with Crippen molar-refractivity contribution in [3.63, 3.8) is 0 Å². The highest BCUT2D eigenvalue weighted by Crippen LogP contribution is 2.27.